The fourth-order valence-electron chi connectivity index (χ4n) is 7.07. The Bertz CT molecular complexity index is 1440. The number of fused-ring (bicyclic) bond motifs is 2. The van der Waals surface area contributed by atoms with Crippen molar-refractivity contribution in [1.29, 1.82) is 0 Å². The van der Waals surface area contributed by atoms with Crippen molar-refractivity contribution in [2.45, 2.75) is 71.3 Å². The Labute approximate surface area is 213 Å². The van der Waals surface area contributed by atoms with Gasteiger partial charge in [0.25, 0.3) is 0 Å². The molecule has 1 aliphatic carbocycles. The van der Waals surface area contributed by atoms with Crippen molar-refractivity contribution >= 4 is 16.6 Å². The van der Waals surface area contributed by atoms with Crippen LogP contribution in [0.2, 0.25) is 0 Å². The second-order valence-corrected chi connectivity index (χ2v) is 12.1. The van der Waals surface area contributed by atoms with Crippen LogP contribution in [0.3, 0.4) is 0 Å². The van der Waals surface area contributed by atoms with E-state index < -0.39 is 0 Å². The van der Waals surface area contributed by atoms with Crippen LogP contribution in [0.1, 0.15) is 73.8 Å². The van der Waals surface area contributed by atoms with Crippen molar-refractivity contribution in [2.24, 2.45) is 5.41 Å². The minimum absolute atomic E-state index is 0.370. The summed E-state index contributed by atoms with van der Waals surface area (Å²) in [5.74, 6) is 0.935. The second kappa shape index (κ2) is 8.15. The van der Waals surface area contributed by atoms with Crippen LogP contribution < -0.4 is 0 Å². The SMILES string of the molecule is Cc1c(-c2[nH]c3ccc(C4CCC(N5CC6(COC6)C5)CC4)nc3c2C(C)C)cn2nccc2c1C. The molecule has 6 heterocycles. The summed E-state index contributed by atoms with van der Waals surface area (Å²) in [6, 6.07) is 7.38. The fraction of sp³-hybridized carbons (Fsp3) is 0.533. The highest BCUT2D eigenvalue weighted by Crippen LogP contribution is 2.44. The first kappa shape index (κ1) is 22.5. The number of ether oxygens (including phenoxy) is 1. The lowest BCUT2D eigenvalue weighted by Gasteiger charge is -2.58. The lowest BCUT2D eigenvalue weighted by Crippen LogP contribution is -2.68. The van der Waals surface area contributed by atoms with E-state index in [-0.39, 0.29) is 0 Å². The van der Waals surface area contributed by atoms with Crippen LogP contribution >= 0.6 is 0 Å². The van der Waals surface area contributed by atoms with Gasteiger partial charge in [-0.25, -0.2) is 4.52 Å². The summed E-state index contributed by atoms with van der Waals surface area (Å²) in [6.45, 7) is 13.5. The van der Waals surface area contributed by atoms with Gasteiger partial charge in [0.2, 0.25) is 0 Å². The van der Waals surface area contributed by atoms with Gasteiger partial charge in [-0.15, -0.1) is 0 Å². The van der Waals surface area contributed by atoms with E-state index in [0.29, 0.717) is 17.3 Å². The Morgan fingerprint density at radius 3 is 2.50 bits per heavy atom. The first-order valence-corrected chi connectivity index (χ1v) is 13.7. The van der Waals surface area contributed by atoms with Crippen LogP contribution in [-0.2, 0) is 4.74 Å². The molecule has 0 aromatic carbocycles. The fourth-order valence-corrected chi connectivity index (χ4v) is 7.07. The number of aryl methyl sites for hydroxylation is 1. The molecule has 1 spiro atoms. The number of rotatable bonds is 4. The zero-order chi connectivity index (χ0) is 24.6. The standard InChI is InChI=1S/C30H37N5O/c1-18(2)27-28(23-13-35-26(11-12-31-35)20(4)19(23)3)33-25-10-9-24(32-29(25)27)21-5-7-22(8-6-21)34-14-30(15-34)16-36-17-30/h9-13,18,21-22,33H,5-8,14-17H2,1-4H3. The van der Waals surface area contributed by atoms with Crippen LogP contribution in [0.5, 0.6) is 0 Å². The van der Waals surface area contributed by atoms with Gasteiger partial charge in [0.1, 0.15) is 0 Å². The molecule has 6 nitrogen and oxygen atoms in total. The van der Waals surface area contributed by atoms with Gasteiger partial charge in [-0.3, -0.25) is 9.88 Å². The van der Waals surface area contributed by atoms with Crippen molar-refractivity contribution in [2.75, 3.05) is 26.3 Å². The minimum atomic E-state index is 0.370. The van der Waals surface area contributed by atoms with Crippen molar-refractivity contribution in [3.8, 4) is 11.3 Å². The van der Waals surface area contributed by atoms with Gasteiger partial charge < -0.3 is 9.72 Å². The first-order chi connectivity index (χ1) is 17.4. The van der Waals surface area contributed by atoms with Gasteiger partial charge >= 0.3 is 0 Å². The summed E-state index contributed by atoms with van der Waals surface area (Å²) in [4.78, 5) is 11.8. The number of H-pyrrole nitrogens is 1. The number of nitrogens with one attached hydrogen (secondary N) is 1. The lowest BCUT2D eigenvalue weighted by molar-refractivity contribution is -0.200. The Morgan fingerprint density at radius 1 is 1.03 bits per heavy atom. The van der Waals surface area contributed by atoms with Crippen molar-refractivity contribution in [3.63, 3.8) is 0 Å². The molecule has 0 atom stereocenters. The largest absolute Gasteiger partial charge is 0.380 e. The van der Waals surface area contributed by atoms with Crippen LogP contribution in [0.25, 0.3) is 27.8 Å². The average Bonchev–Trinajstić information content (AvgIpc) is 3.44. The van der Waals surface area contributed by atoms with Crippen molar-refractivity contribution in [1.82, 2.24) is 24.5 Å². The number of nitrogens with zero attached hydrogens (tertiary/aromatic N) is 4. The molecule has 2 saturated heterocycles. The maximum Gasteiger partial charge on any atom is 0.0923 e. The number of likely N-dealkylation sites (tertiary alicyclic amines) is 1. The van der Waals surface area contributed by atoms with Crippen molar-refractivity contribution in [3.05, 3.63) is 53.0 Å². The van der Waals surface area contributed by atoms with Crippen LogP contribution in [0, 0.1) is 19.3 Å². The summed E-state index contributed by atoms with van der Waals surface area (Å²) in [6.07, 6.45) is 9.12. The highest BCUT2D eigenvalue weighted by molar-refractivity contribution is 5.89. The van der Waals surface area contributed by atoms with E-state index in [1.807, 2.05) is 10.7 Å². The number of aromatic nitrogens is 4. The van der Waals surface area contributed by atoms with E-state index >= 15 is 0 Å². The van der Waals surface area contributed by atoms with E-state index in [1.165, 1.54) is 77.9 Å². The van der Waals surface area contributed by atoms with Gasteiger partial charge in [0.15, 0.2) is 0 Å². The van der Waals surface area contributed by atoms with Crippen LogP contribution in [0.15, 0.2) is 30.6 Å². The first-order valence-electron chi connectivity index (χ1n) is 13.7. The zero-order valence-electron chi connectivity index (χ0n) is 22.0. The molecule has 36 heavy (non-hydrogen) atoms. The minimum Gasteiger partial charge on any atom is -0.380 e. The number of pyridine rings is 2. The second-order valence-electron chi connectivity index (χ2n) is 12.1. The smallest absolute Gasteiger partial charge is 0.0923 e. The van der Waals surface area contributed by atoms with Crippen LogP contribution in [0.4, 0.5) is 0 Å². The third-order valence-electron chi connectivity index (χ3n) is 9.34. The molecule has 4 aromatic heterocycles. The van der Waals surface area contributed by atoms with Gasteiger partial charge in [0, 0.05) is 59.7 Å². The quantitative estimate of drug-likeness (QED) is 0.388. The summed E-state index contributed by atoms with van der Waals surface area (Å²) < 4.78 is 7.47. The Balaban J connectivity index is 1.19. The Hall–Kier alpha value is -2.70. The molecular formula is C30H37N5O. The highest BCUT2D eigenvalue weighted by Gasteiger charge is 2.50. The molecule has 1 saturated carbocycles. The van der Waals surface area contributed by atoms with E-state index in [2.05, 4.69) is 67.1 Å². The maximum atomic E-state index is 5.47. The predicted molar refractivity (Wildman–Crippen MR) is 144 cm³/mol. The Kier molecular flexibility index (Phi) is 5.09. The molecule has 0 unspecified atom stereocenters. The van der Waals surface area contributed by atoms with Gasteiger partial charge in [0.05, 0.1) is 35.5 Å². The molecule has 3 fully saturated rings. The van der Waals surface area contributed by atoms with Gasteiger partial charge in [-0.2, -0.15) is 5.10 Å². The lowest BCUT2D eigenvalue weighted by atomic mass is 9.74. The summed E-state index contributed by atoms with van der Waals surface area (Å²) in [5.41, 5.74) is 11.6. The predicted octanol–water partition coefficient (Wildman–Crippen LogP) is 5.98. The molecule has 0 radical (unpaired) electrons. The summed E-state index contributed by atoms with van der Waals surface area (Å²) in [7, 11) is 0. The van der Waals surface area contributed by atoms with E-state index in [1.54, 1.807) is 0 Å². The Morgan fingerprint density at radius 2 is 1.81 bits per heavy atom. The molecule has 7 rings (SSSR count). The number of hydrogen-bond donors (Lipinski definition) is 1. The van der Waals surface area contributed by atoms with E-state index in [9.17, 15) is 0 Å². The maximum absolute atomic E-state index is 5.47. The molecule has 2 aliphatic heterocycles. The topological polar surface area (TPSA) is 58.5 Å². The van der Waals surface area contributed by atoms with Crippen LogP contribution in [-0.4, -0.2) is 56.8 Å². The molecular weight excluding hydrogens is 446 g/mol. The van der Waals surface area contributed by atoms with Gasteiger partial charge in [-0.1, -0.05) is 13.8 Å². The average molecular weight is 484 g/mol. The third-order valence-corrected chi connectivity index (χ3v) is 9.34. The molecule has 0 amide bonds. The summed E-state index contributed by atoms with van der Waals surface area (Å²) >= 11 is 0. The molecule has 1 N–H and O–H groups in total. The van der Waals surface area contributed by atoms with E-state index in [4.69, 9.17) is 9.72 Å². The number of aromatic amines is 1. The highest BCUT2D eigenvalue weighted by atomic mass is 16.5. The molecule has 188 valence electrons. The molecule has 4 aromatic rings. The third kappa shape index (κ3) is 3.37. The molecule has 6 heteroatoms. The normalized spacial score (nSPS) is 24.0. The van der Waals surface area contributed by atoms with Crippen molar-refractivity contribution < 1.29 is 4.74 Å². The molecule has 3 aliphatic rings. The summed E-state index contributed by atoms with van der Waals surface area (Å²) in [5, 5.41) is 4.53. The molecule has 0 bridgehead atoms. The monoisotopic (exact) mass is 483 g/mol. The van der Waals surface area contributed by atoms with E-state index in [0.717, 1.165) is 30.3 Å². The zero-order valence-corrected chi connectivity index (χ0v) is 22.0. The van der Waals surface area contributed by atoms with Gasteiger partial charge in [-0.05, 0) is 74.8 Å². The number of hydrogen-bond acceptors (Lipinski definition) is 4.